The summed E-state index contributed by atoms with van der Waals surface area (Å²) in [5, 5.41) is 5.29. The Morgan fingerprint density at radius 2 is 2.00 bits per heavy atom. The first-order valence-corrected chi connectivity index (χ1v) is 4.18. The minimum Gasteiger partial charge on any atom is -0.270 e. The second kappa shape index (κ2) is 3.05. The van der Waals surface area contributed by atoms with E-state index in [1.165, 1.54) is 15.8 Å². The van der Waals surface area contributed by atoms with E-state index >= 15 is 0 Å². The Hall–Kier alpha value is 0.430. The van der Waals surface area contributed by atoms with E-state index in [9.17, 15) is 0 Å². The highest BCUT2D eigenvalue weighted by Crippen LogP contribution is 2.36. The predicted molar refractivity (Wildman–Crippen MR) is 48.0 cm³/mol. The number of nitrogens with zero attached hydrogens (tertiary/aromatic N) is 3. The van der Waals surface area contributed by atoms with Crippen LogP contribution in [0.5, 0.6) is 0 Å². The van der Waals surface area contributed by atoms with Gasteiger partial charge in [-0.25, -0.2) is 4.42 Å². The highest BCUT2D eigenvalue weighted by atomic mass is 35.6. The Morgan fingerprint density at radius 1 is 1.45 bits per heavy atom. The highest BCUT2D eigenvalue weighted by molar-refractivity contribution is 6.68. The SMILES string of the molecule is CN1N=CN(Cl)C1C(Cl)(Cl)Cl. The van der Waals surface area contributed by atoms with Crippen molar-refractivity contribution in [3.8, 4) is 0 Å². The smallest absolute Gasteiger partial charge is 0.231 e. The van der Waals surface area contributed by atoms with Gasteiger partial charge < -0.3 is 0 Å². The molecule has 1 aliphatic rings. The molecule has 0 saturated heterocycles. The van der Waals surface area contributed by atoms with Crippen molar-refractivity contribution < 1.29 is 0 Å². The summed E-state index contributed by atoms with van der Waals surface area (Å²) in [5.41, 5.74) is 0. The van der Waals surface area contributed by atoms with Crippen LogP contribution in [0.1, 0.15) is 0 Å². The van der Waals surface area contributed by atoms with E-state index < -0.39 is 9.96 Å². The van der Waals surface area contributed by atoms with Crippen LogP contribution in [0.3, 0.4) is 0 Å². The monoisotopic (exact) mass is 235 g/mol. The lowest BCUT2D eigenvalue weighted by Crippen LogP contribution is -2.43. The Morgan fingerprint density at radius 3 is 2.18 bits per heavy atom. The molecule has 11 heavy (non-hydrogen) atoms. The van der Waals surface area contributed by atoms with Crippen LogP contribution in [0.2, 0.25) is 0 Å². The molecule has 0 N–H and O–H groups in total. The van der Waals surface area contributed by atoms with E-state index in [0.717, 1.165) is 0 Å². The molecule has 0 spiro atoms. The minimum absolute atomic E-state index is 0.547. The van der Waals surface area contributed by atoms with Gasteiger partial charge in [-0.05, 0) is 0 Å². The molecule has 1 aliphatic heterocycles. The third kappa shape index (κ3) is 1.96. The van der Waals surface area contributed by atoms with Crippen LogP contribution in [0.4, 0.5) is 0 Å². The summed E-state index contributed by atoms with van der Waals surface area (Å²) in [6.45, 7) is 0. The van der Waals surface area contributed by atoms with Crippen molar-refractivity contribution in [2.24, 2.45) is 5.10 Å². The molecule has 0 aromatic carbocycles. The van der Waals surface area contributed by atoms with Crippen LogP contribution in [-0.4, -0.2) is 32.8 Å². The zero-order valence-electron chi connectivity index (χ0n) is 5.51. The number of halogens is 4. The molecule has 0 aromatic rings. The van der Waals surface area contributed by atoms with Gasteiger partial charge in [0.15, 0.2) is 6.17 Å². The van der Waals surface area contributed by atoms with Gasteiger partial charge in [-0.3, -0.25) is 5.01 Å². The van der Waals surface area contributed by atoms with Crippen LogP contribution in [-0.2, 0) is 0 Å². The van der Waals surface area contributed by atoms with Gasteiger partial charge in [-0.15, -0.1) is 0 Å². The Balaban J connectivity index is 2.74. The number of alkyl halides is 3. The number of hydrogen-bond donors (Lipinski definition) is 0. The summed E-state index contributed by atoms with van der Waals surface area (Å²) in [4.78, 5) is 0. The molecule has 1 unspecified atom stereocenters. The van der Waals surface area contributed by atoms with Gasteiger partial charge in [0, 0.05) is 18.8 Å². The van der Waals surface area contributed by atoms with Crippen molar-refractivity contribution in [1.82, 2.24) is 9.43 Å². The molecule has 1 heterocycles. The van der Waals surface area contributed by atoms with Gasteiger partial charge in [0.1, 0.15) is 6.34 Å². The Bertz CT molecular complexity index is 165. The highest BCUT2D eigenvalue weighted by Gasteiger charge is 2.42. The molecule has 0 aromatic heterocycles. The summed E-state index contributed by atoms with van der Waals surface area (Å²) < 4.78 is -0.250. The van der Waals surface area contributed by atoms with E-state index in [4.69, 9.17) is 46.6 Å². The molecular weight excluding hydrogens is 232 g/mol. The maximum atomic E-state index is 5.65. The summed E-state index contributed by atoms with van der Waals surface area (Å²) in [6.07, 6.45) is 0.836. The van der Waals surface area contributed by atoms with Crippen LogP contribution in [0.15, 0.2) is 5.10 Å². The topological polar surface area (TPSA) is 18.8 Å². The van der Waals surface area contributed by atoms with Crippen LogP contribution in [0, 0.1) is 0 Å². The molecule has 3 nitrogen and oxygen atoms in total. The van der Waals surface area contributed by atoms with Crippen molar-refractivity contribution in [2.75, 3.05) is 7.05 Å². The molecule has 0 saturated carbocycles. The fourth-order valence-corrected chi connectivity index (χ4v) is 1.97. The molecule has 1 atom stereocenters. The second-order valence-corrected chi connectivity index (χ2v) is 4.82. The molecule has 7 heteroatoms. The average molecular weight is 237 g/mol. The fraction of sp³-hybridized carbons (Fsp3) is 0.750. The molecule has 0 radical (unpaired) electrons. The molecule has 0 aliphatic carbocycles. The molecule has 0 bridgehead atoms. The van der Waals surface area contributed by atoms with Gasteiger partial charge in [0.25, 0.3) is 0 Å². The Labute approximate surface area is 84.5 Å². The maximum Gasteiger partial charge on any atom is 0.231 e. The molecule has 64 valence electrons. The lowest BCUT2D eigenvalue weighted by molar-refractivity contribution is 0.220. The van der Waals surface area contributed by atoms with E-state index in [2.05, 4.69) is 5.10 Å². The zero-order valence-corrected chi connectivity index (χ0v) is 8.53. The van der Waals surface area contributed by atoms with Crippen LogP contribution < -0.4 is 0 Å². The third-order valence-corrected chi connectivity index (χ3v) is 2.08. The van der Waals surface area contributed by atoms with Crippen molar-refractivity contribution in [1.29, 1.82) is 0 Å². The minimum atomic E-state index is -1.47. The average Bonchev–Trinajstić information content (AvgIpc) is 2.08. The summed E-state index contributed by atoms with van der Waals surface area (Å²) >= 11 is 22.5. The van der Waals surface area contributed by atoms with Crippen molar-refractivity contribution in [3.05, 3.63) is 0 Å². The quantitative estimate of drug-likeness (QED) is 0.474. The van der Waals surface area contributed by atoms with E-state index in [1.807, 2.05) is 0 Å². The largest absolute Gasteiger partial charge is 0.270 e. The molecule has 1 rings (SSSR count). The standard InChI is InChI=1S/C4H5Cl4N3/c1-10-3(4(5,6)7)11(8)2-9-10/h2-3H,1H3. The molecular formula is C4H5Cl4N3. The predicted octanol–water partition coefficient (Wildman–Crippen LogP) is 2.03. The van der Waals surface area contributed by atoms with Crippen molar-refractivity contribution >= 4 is 52.9 Å². The van der Waals surface area contributed by atoms with Gasteiger partial charge in [-0.2, -0.15) is 5.10 Å². The zero-order chi connectivity index (χ0) is 8.65. The third-order valence-electron chi connectivity index (χ3n) is 1.22. The maximum absolute atomic E-state index is 5.65. The Kier molecular flexibility index (Phi) is 2.64. The van der Waals surface area contributed by atoms with Gasteiger partial charge >= 0.3 is 0 Å². The summed E-state index contributed by atoms with van der Waals surface area (Å²) in [7, 11) is 1.67. The first kappa shape index (κ1) is 9.52. The van der Waals surface area contributed by atoms with Gasteiger partial charge in [0.05, 0.1) is 0 Å². The van der Waals surface area contributed by atoms with Crippen molar-refractivity contribution in [3.63, 3.8) is 0 Å². The lowest BCUT2D eigenvalue weighted by atomic mass is 10.5. The van der Waals surface area contributed by atoms with Gasteiger partial charge in [-0.1, -0.05) is 34.8 Å². The first-order valence-electron chi connectivity index (χ1n) is 2.70. The number of rotatable bonds is 0. The van der Waals surface area contributed by atoms with Gasteiger partial charge in [0.2, 0.25) is 3.79 Å². The fourth-order valence-electron chi connectivity index (χ4n) is 0.768. The van der Waals surface area contributed by atoms with E-state index in [-0.39, 0.29) is 0 Å². The lowest BCUT2D eigenvalue weighted by Gasteiger charge is -2.28. The van der Waals surface area contributed by atoms with Crippen molar-refractivity contribution in [2.45, 2.75) is 9.96 Å². The number of hydrogen-bond acceptors (Lipinski definition) is 3. The van der Waals surface area contributed by atoms with E-state index in [1.54, 1.807) is 7.05 Å². The summed E-state index contributed by atoms with van der Waals surface area (Å²) in [6, 6.07) is 0. The first-order chi connectivity index (χ1) is 4.93. The van der Waals surface area contributed by atoms with Crippen LogP contribution >= 0.6 is 46.6 Å². The summed E-state index contributed by atoms with van der Waals surface area (Å²) in [5.74, 6) is 0. The second-order valence-electron chi connectivity index (χ2n) is 2.06. The number of hydrazone groups is 1. The molecule has 0 amide bonds. The normalized spacial score (nSPS) is 25.0. The van der Waals surface area contributed by atoms with Crippen LogP contribution in [0.25, 0.3) is 0 Å². The van der Waals surface area contributed by atoms with E-state index in [0.29, 0.717) is 0 Å². The molecule has 0 fully saturated rings.